The van der Waals surface area contributed by atoms with Crippen LogP contribution in [0.4, 0.5) is 4.39 Å². The number of rotatable bonds is 5. The highest BCUT2D eigenvalue weighted by molar-refractivity contribution is 5.70. The predicted octanol–water partition coefficient (Wildman–Crippen LogP) is 2.26. The van der Waals surface area contributed by atoms with Crippen LogP contribution in [-0.2, 0) is 16.0 Å². The second kappa shape index (κ2) is 6.61. The van der Waals surface area contributed by atoms with Crippen molar-refractivity contribution in [1.82, 2.24) is 10.1 Å². The SMILES string of the molecule is C[C@@H](C#N)OC(=O)CCc1nc(-c2ccc(F)cc2)no1. The molecule has 0 unspecified atom stereocenters. The van der Waals surface area contributed by atoms with Crippen LogP contribution in [0.25, 0.3) is 11.4 Å². The van der Waals surface area contributed by atoms with Crippen LogP contribution in [0, 0.1) is 17.1 Å². The Hall–Kier alpha value is -2.75. The second-order valence-electron chi connectivity index (χ2n) is 4.28. The van der Waals surface area contributed by atoms with Crippen molar-refractivity contribution in [2.24, 2.45) is 0 Å². The summed E-state index contributed by atoms with van der Waals surface area (Å²) in [6.07, 6.45) is -0.530. The lowest BCUT2D eigenvalue weighted by Gasteiger charge is -2.03. The van der Waals surface area contributed by atoms with E-state index in [1.54, 1.807) is 6.07 Å². The fraction of sp³-hybridized carbons (Fsp3) is 0.286. The molecule has 0 spiro atoms. The average Bonchev–Trinajstić information content (AvgIpc) is 2.94. The molecule has 0 saturated carbocycles. The van der Waals surface area contributed by atoms with E-state index >= 15 is 0 Å². The molecule has 21 heavy (non-hydrogen) atoms. The predicted molar refractivity (Wildman–Crippen MR) is 69.2 cm³/mol. The molecule has 0 aliphatic carbocycles. The van der Waals surface area contributed by atoms with E-state index < -0.39 is 12.1 Å². The summed E-state index contributed by atoms with van der Waals surface area (Å²) >= 11 is 0. The highest BCUT2D eigenvalue weighted by Gasteiger charge is 2.13. The summed E-state index contributed by atoms with van der Waals surface area (Å²) in [5.41, 5.74) is 0.618. The third-order valence-corrected chi connectivity index (χ3v) is 2.60. The van der Waals surface area contributed by atoms with Crippen molar-refractivity contribution in [1.29, 1.82) is 5.26 Å². The summed E-state index contributed by atoms with van der Waals surface area (Å²) in [5, 5.41) is 12.3. The maximum Gasteiger partial charge on any atom is 0.307 e. The lowest BCUT2D eigenvalue weighted by atomic mass is 10.2. The zero-order valence-electron chi connectivity index (χ0n) is 11.2. The molecule has 0 amide bonds. The van der Waals surface area contributed by atoms with Gasteiger partial charge in [-0.05, 0) is 31.2 Å². The number of hydrogen-bond acceptors (Lipinski definition) is 6. The third kappa shape index (κ3) is 4.11. The fourth-order valence-corrected chi connectivity index (χ4v) is 1.56. The first-order valence-electron chi connectivity index (χ1n) is 6.26. The molecule has 6 nitrogen and oxygen atoms in total. The molecule has 1 aromatic carbocycles. The van der Waals surface area contributed by atoms with Gasteiger partial charge in [-0.1, -0.05) is 5.16 Å². The van der Waals surface area contributed by atoms with Crippen LogP contribution >= 0.6 is 0 Å². The second-order valence-corrected chi connectivity index (χ2v) is 4.28. The summed E-state index contributed by atoms with van der Waals surface area (Å²) < 4.78 is 22.6. The van der Waals surface area contributed by atoms with Crippen molar-refractivity contribution < 1.29 is 18.4 Å². The Balaban J connectivity index is 1.93. The van der Waals surface area contributed by atoms with Crippen molar-refractivity contribution in [2.45, 2.75) is 25.9 Å². The first-order chi connectivity index (χ1) is 10.1. The minimum Gasteiger partial charge on any atom is -0.447 e. The topological polar surface area (TPSA) is 89.0 Å². The van der Waals surface area contributed by atoms with E-state index in [0.717, 1.165) is 0 Å². The minimum absolute atomic E-state index is 0.0388. The van der Waals surface area contributed by atoms with Crippen LogP contribution in [0.15, 0.2) is 28.8 Å². The minimum atomic E-state index is -0.782. The summed E-state index contributed by atoms with van der Waals surface area (Å²) in [6.45, 7) is 1.48. The van der Waals surface area contributed by atoms with Gasteiger partial charge in [0.1, 0.15) is 11.9 Å². The molecule has 0 fully saturated rings. The van der Waals surface area contributed by atoms with Gasteiger partial charge in [0.05, 0.1) is 6.42 Å². The summed E-state index contributed by atoms with van der Waals surface area (Å²) in [5.74, 6) is -0.262. The molecule has 0 N–H and O–H groups in total. The monoisotopic (exact) mass is 289 g/mol. The smallest absolute Gasteiger partial charge is 0.307 e. The lowest BCUT2D eigenvalue weighted by molar-refractivity contribution is -0.145. The van der Waals surface area contributed by atoms with Gasteiger partial charge >= 0.3 is 5.97 Å². The third-order valence-electron chi connectivity index (χ3n) is 2.60. The number of aryl methyl sites for hydroxylation is 1. The molecule has 0 aliphatic rings. The van der Waals surface area contributed by atoms with Crippen LogP contribution in [0.1, 0.15) is 19.2 Å². The van der Waals surface area contributed by atoms with Crippen LogP contribution in [-0.4, -0.2) is 22.2 Å². The number of ether oxygens (including phenoxy) is 1. The van der Waals surface area contributed by atoms with Gasteiger partial charge < -0.3 is 9.26 Å². The van der Waals surface area contributed by atoms with Gasteiger partial charge in [0.2, 0.25) is 11.7 Å². The number of esters is 1. The highest BCUT2D eigenvalue weighted by atomic mass is 19.1. The van der Waals surface area contributed by atoms with Crippen LogP contribution in [0.5, 0.6) is 0 Å². The van der Waals surface area contributed by atoms with E-state index in [0.29, 0.717) is 11.4 Å². The zero-order chi connectivity index (χ0) is 15.2. The average molecular weight is 289 g/mol. The number of aromatic nitrogens is 2. The number of halogens is 1. The number of carbonyl (C=O) groups is 1. The van der Waals surface area contributed by atoms with Gasteiger partial charge in [0.15, 0.2) is 6.10 Å². The Labute approximate surface area is 120 Å². The van der Waals surface area contributed by atoms with Gasteiger partial charge in [0, 0.05) is 12.0 Å². The normalized spacial score (nSPS) is 11.7. The molecule has 2 rings (SSSR count). The van der Waals surface area contributed by atoms with E-state index in [2.05, 4.69) is 10.1 Å². The molecular weight excluding hydrogens is 277 g/mol. The number of benzene rings is 1. The molecule has 1 heterocycles. The van der Waals surface area contributed by atoms with E-state index in [9.17, 15) is 9.18 Å². The number of nitriles is 1. The Morgan fingerprint density at radius 1 is 1.48 bits per heavy atom. The molecular formula is C14H12FN3O3. The summed E-state index contributed by atoms with van der Waals surface area (Å²) in [4.78, 5) is 15.5. The Morgan fingerprint density at radius 3 is 2.86 bits per heavy atom. The van der Waals surface area contributed by atoms with Crippen molar-refractivity contribution in [3.05, 3.63) is 36.0 Å². The van der Waals surface area contributed by atoms with Gasteiger partial charge in [-0.3, -0.25) is 4.79 Å². The maximum absolute atomic E-state index is 12.8. The van der Waals surface area contributed by atoms with Gasteiger partial charge in [-0.25, -0.2) is 4.39 Å². The van der Waals surface area contributed by atoms with Crippen molar-refractivity contribution in [3.63, 3.8) is 0 Å². The number of hydrogen-bond donors (Lipinski definition) is 0. The number of nitrogens with zero attached hydrogens (tertiary/aromatic N) is 3. The van der Waals surface area contributed by atoms with E-state index in [1.807, 2.05) is 0 Å². The Bertz CT molecular complexity index is 661. The molecule has 7 heteroatoms. The Kier molecular flexibility index (Phi) is 4.61. The van der Waals surface area contributed by atoms with Gasteiger partial charge in [-0.15, -0.1) is 0 Å². The Morgan fingerprint density at radius 2 is 2.19 bits per heavy atom. The van der Waals surface area contributed by atoms with Crippen molar-refractivity contribution in [3.8, 4) is 17.5 Å². The molecule has 1 aromatic heterocycles. The van der Waals surface area contributed by atoms with Crippen LogP contribution in [0.2, 0.25) is 0 Å². The van der Waals surface area contributed by atoms with E-state index in [1.165, 1.54) is 31.2 Å². The lowest BCUT2D eigenvalue weighted by Crippen LogP contribution is -2.13. The largest absolute Gasteiger partial charge is 0.447 e. The molecule has 0 radical (unpaired) electrons. The zero-order valence-corrected chi connectivity index (χ0v) is 11.2. The fourth-order valence-electron chi connectivity index (χ4n) is 1.56. The van der Waals surface area contributed by atoms with E-state index in [4.69, 9.17) is 14.5 Å². The molecule has 1 atom stereocenters. The molecule has 0 aliphatic heterocycles. The molecule has 2 aromatic rings. The number of carbonyl (C=O) groups excluding carboxylic acids is 1. The quantitative estimate of drug-likeness (QED) is 0.784. The standard InChI is InChI=1S/C14H12FN3O3/c1-9(8-16)20-13(19)7-6-12-17-14(18-21-12)10-2-4-11(15)5-3-10/h2-5,9H,6-7H2,1H3/t9-/m0/s1. The molecule has 0 bridgehead atoms. The van der Waals surface area contributed by atoms with Gasteiger partial charge in [0.25, 0.3) is 0 Å². The van der Waals surface area contributed by atoms with Crippen LogP contribution < -0.4 is 0 Å². The first kappa shape index (κ1) is 14.7. The summed E-state index contributed by atoms with van der Waals surface area (Å²) in [7, 11) is 0. The molecule has 108 valence electrons. The first-order valence-corrected chi connectivity index (χ1v) is 6.26. The van der Waals surface area contributed by atoms with Crippen molar-refractivity contribution >= 4 is 5.97 Å². The highest BCUT2D eigenvalue weighted by Crippen LogP contribution is 2.16. The van der Waals surface area contributed by atoms with Crippen molar-refractivity contribution in [2.75, 3.05) is 0 Å². The molecule has 0 saturated heterocycles. The van der Waals surface area contributed by atoms with Gasteiger partial charge in [-0.2, -0.15) is 10.2 Å². The maximum atomic E-state index is 12.8. The van der Waals surface area contributed by atoms with Crippen LogP contribution in [0.3, 0.4) is 0 Å². The summed E-state index contributed by atoms with van der Waals surface area (Å²) in [6, 6.07) is 7.46. The van der Waals surface area contributed by atoms with E-state index in [-0.39, 0.29) is 24.5 Å².